The van der Waals surface area contributed by atoms with Crippen molar-refractivity contribution in [3.63, 3.8) is 0 Å². The lowest BCUT2D eigenvalue weighted by atomic mass is 10.1. The highest BCUT2D eigenvalue weighted by Gasteiger charge is 2.22. The minimum absolute atomic E-state index is 0.628. The number of hydrogen-bond donors (Lipinski definition) is 0. The van der Waals surface area contributed by atoms with Crippen LogP contribution < -0.4 is 4.74 Å². The SMILES string of the molecule is Cc1ccc(CN2COc3c(ccc4c3c3ccccc3n4C)C2)cc1. The first-order valence-electron chi connectivity index (χ1n) is 9.10. The van der Waals surface area contributed by atoms with E-state index in [1.54, 1.807) is 0 Å². The van der Waals surface area contributed by atoms with Crippen LogP contribution in [0.3, 0.4) is 0 Å². The van der Waals surface area contributed by atoms with E-state index in [0.29, 0.717) is 6.73 Å². The summed E-state index contributed by atoms with van der Waals surface area (Å²) >= 11 is 0. The summed E-state index contributed by atoms with van der Waals surface area (Å²) in [6.45, 7) is 4.58. The fourth-order valence-corrected chi connectivity index (χ4v) is 4.05. The quantitative estimate of drug-likeness (QED) is 0.510. The van der Waals surface area contributed by atoms with Crippen molar-refractivity contribution >= 4 is 21.8 Å². The predicted octanol–water partition coefficient (Wildman–Crippen LogP) is 4.99. The van der Waals surface area contributed by atoms with Crippen molar-refractivity contribution < 1.29 is 4.74 Å². The zero-order valence-electron chi connectivity index (χ0n) is 15.2. The van der Waals surface area contributed by atoms with Gasteiger partial charge in [-0.2, -0.15) is 0 Å². The zero-order chi connectivity index (χ0) is 17.7. The van der Waals surface area contributed by atoms with Crippen molar-refractivity contribution in [2.75, 3.05) is 6.73 Å². The minimum Gasteiger partial charge on any atom is -0.477 e. The number of rotatable bonds is 2. The maximum absolute atomic E-state index is 6.28. The number of ether oxygens (including phenoxy) is 1. The van der Waals surface area contributed by atoms with Gasteiger partial charge in [-0.15, -0.1) is 0 Å². The van der Waals surface area contributed by atoms with Crippen LogP contribution in [0, 0.1) is 6.92 Å². The van der Waals surface area contributed by atoms with Crippen LogP contribution in [0.25, 0.3) is 21.8 Å². The first kappa shape index (κ1) is 15.5. The molecule has 3 heteroatoms. The smallest absolute Gasteiger partial charge is 0.142 e. The van der Waals surface area contributed by atoms with E-state index in [0.717, 1.165) is 18.8 Å². The summed E-state index contributed by atoms with van der Waals surface area (Å²) in [6.07, 6.45) is 0. The van der Waals surface area contributed by atoms with Crippen LogP contribution in [0.4, 0.5) is 0 Å². The van der Waals surface area contributed by atoms with Gasteiger partial charge in [0.05, 0.1) is 5.52 Å². The minimum atomic E-state index is 0.628. The monoisotopic (exact) mass is 342 g/mol. The van der Waals surface area contributed by atoms with Crippen LogP contribution >= 0.6 is 0 Å². The average Bonchev–Trinajstić information content (AvgIpc) is 2.97. The molecule has 0 atom stereocenters. The Morgan fingerprint density at radius 2 is 1.73 bits per heavy atom. The van der Waals surface area contributed by atoms with Gasteiger partial charge in [0.1, 0.15) is 12.5 Å². The fourth-order valence-electron chi connectivity index (χ4n) is 4.05. The Kier molecular flexibility index (Phi) is 3.50. The van der Waals surface area contributed by atoms with Crippen molar-refractivity contribution in [2.24, 2.45) is 7.05 Å². The summed E-state index contributed by atoms with van der Waals surface area (Å²) in [5.41, 5.74) is 6.38. The van der Waals surface area contributed by atoms with Crippen molar-refractivity contribution in [1.29, 1.82) is 0 Å². The highest BCUT2D eigenvalue weighted by Crippen LogP contribution is 2.39. The van der Waals surface area contributed by atoms with E-state index < -0.39 is 0 Å². The van der Waals surface area contributed by atoms with Gasteiger partial charge in [-0.05, 0) is 24.6 Å². The second kappa shape index (κ2) is 5.89. The highest BCUT2D eigenvalue weighted by atomic mass is 16.5. The number of para-hydroxylation sites is 1. The maximum Gasteiger partial charge on any atom is 0.142 e. The number of aromatic nitrogens is 1. The molecule has 5 rings (SSSR count). The van der Waals surface area contributed by atoms with E-state index in [1.807, 2.05) is 0 Å². The Morgan fingerprint density at radius 3 is 2.58 bits per heavy atom. The lowest BCUT2D eigenvalue weighted by Gasteiger charge is -2.29. The molecule has 3 nitrogen and oxygen atoms in total. The molecule has 0 bridgehead atoms. The highest BCUT2D eigenvalue weighted by molar-refractivity contribution is 6.11. The van der Waals surface area contributed by atoms with Gasteiger partial charge in [0.25, 0.3) is 0 Å². The van der Waals surface area contributed by atoms with Crippen LogP contribution in [0.1, 0.15) is 16.7 Å². The summed E-state index contributed by atoms with van der Waals surface area (Å²) in [5, 5.41) is 2.52. The molecule has 1 aliphatic heterocycles. The molecular weight excluding hydrogens is 320 g/mol. The summed E-state index contributed by atoms with van der Waals surface area (Å²) < 4.78 is 8.54. The fraction of sp³-hybridized carbons (Fsp3) is 0.217. The molecule has 1 aliphatic rings. The lowest BCUT2D eigenvalue weighted by molar-refractivity contribution is 0.0904. The van der Waals surface area contributed by atoms with E-state index in [9.17, 15) is 0 Å². The van der Waals surface area contributed by atoms with Crippen molar-refractivity contribution in [3.8, 4) is 5.75 Å². The summed E-state index contributed by atoms with van der Waals surface area (Å²) in [4.78, 5) is 2.35. The van der Waals surface area contributed by atoms with Gasteiger partial charge in [-0.25, -0.2) is 0 Å². The van der Waals surface area contributed by atoms with Crippen molar-refractivity contribution in [3.05, 3.63) is 77.4 Å². The molecular formula is C23H22N2O. The Bertz CT molecular complexity index is 1110. The van der Waals surface area contributed by atoms with E-state index in [2.05, 4.69) is 84.1 Å². The van der Waals surface area contributed by atoms with Gasteiger partial charge in [0.2, 0.25) is 0 Å². The normalized spacial score (nSPS) is 14.5. The average molecular weight is 342 g/mol. The Balaban J connectivity index is 1.53. The molecule has 3 aromatic carbocycles. The second-order valence-electron chi connectivity index (χ2n) is 7.27. The summed E-state index contributed by atoms with van der Waals surface area (Å²) in [6, 6.07) is 21.8. The molecule has 0 aliphatic carbocycles. The second-order valence-corrected chi connectivity index (χ2v) is 7.27. The first-order chi connectivity index (χ1) is 12.7. The molecule has 26 heavy (non-hydrogen) atoms. The van der Waals surface area contributed by atoms with Crippen LogP contribution in [0.15, 0.2) is 60.7 Å². The molecule has 0 saturated heterocycles. The number of fused-ring (bicyclic) bond motifs is 5. The summed E-state index contributed by atoms with van der Waals surface area (Å²) in [7, 11) is 2.13. The molecule has 0 amide bonds. The predicted molar refractivity (Wildman–Crippen MR) is 106 cm³/mol. The van der Waals surface area contributed by atoms with Gasteiger partial charge in [0.15, 0.2) is 0 Å². The zero-order valence-corrected chi connectivity index (χ0v) is 15.2. The third kappa shape index (κ3) is 2.39. The maximum atomic E-state index is 6.28. The first-order valence-corrected chi connectivity index (χ1v) is 9.10. The van der Waals surface area contributed by atoms with Crippen LogP contribution in [-0.4, -0.2) is 16.2 Å². The number of nitrogens with zero attached hydrogens (tertiary/aromatic N) is 2. The number of hydrogen-bond acceptors (Lipinski definition) is 2. The van der Waals surface area contributed by atoms with E-state index in [4.69, 9.17) is 4.74 Å². The molecule has 0 unspecified atom stereocenters. The molecule has 0 spiro atoms. The van der Waals surface area contributed by atoms with E-state index in [-0.39, 0.29) is 0 Å². The third-order valence-electron chi connectivity index (χ3n) is 5.43. The number of aryl methyl sites for hydroxylation is 2. The molecule has 2 heterocycles. The lowest BCUT2D eigenvalue weighted by Crippen LogP contribution is -2.31. The van der Waals surface area contributed by atoms with Gasteiger partial charge >= 0.3 is 0 Å². The molecule has 4 aromatic rings. The largest absolute Gasteiger partial charge is 0.477 e. The topological polar surface area (TPSA) is 17.4 Å². The van der Waals surface area contributed by atoms with E-state index >= 15 is 0 Å². The van der Waals surface area contributed by atoms with Crippen LogP contribution in [0.2, 0.25) is 0 Å². The molecule has 0 fully saturated rings. The van der Waals surface area contributed by atoms with Gasteiger partial charge in [-0.1, -0.05) is 54.1 Å². The van der Waals surface area contributed by atoms with E-state index in [1.165, 1.54) is 38.5 Å². The molecule has 1 aromatic heterocycles. The molecule has 0 N–H and O–H groups in total. The van der Waals surface area contributed by atoms with Crippen molar-refractivity contribution in [1.82, 2.24) is 9.47 Å². The van der Waals surface area contributed by atoms with Gasteiger partial charge in [-0.3, -0.25) is 4.90 Å². The Labute approximate surface area is 153 Å². The molecule has 0 radical (unpaired) electrons. The number of benzene rings is 3. The standard InChI is InChI=1S/C23H22N2O/c1-16-7-9-17(10-8-16)13-25-14-18-11-12-21-22(23(18)26-15-25)19-5-3-4-6-20(19)24(21)2/h3-12H,13-15H2,1-2H3. The Hall–Kier alpha value is -2.78. The van der Waals surface area contributed by atoms with Crippen LogP contribution in [-0.2, 0) is 20.1 Å². The summed E-state index contributed by atoms with van der Waals surface area (Å²) in [5.74, 6) is 1.06. The third-order valence-corrected chi connectivity index (χ3v) is 5.43. The van der Waals surface area contributed by atoms with Crippen molar-refractivity contribution in [2.45, 2.75) is 20.0 Å². The molecule has 0 saturated carbocycles. The van der Waals surface area contributed by atoms with Gasteiger partial charge in [0, 0.05) is 42.0 Å². The Morgan fingerprint density at radius 1 is 0.923 bits per heavy atom. The van der Waals surface area contributed by atoms with Crippen LogP contribution in [0.5, 0.6) is 5.75 Å². The van der Waals surface area contributed by atoms with Gasteiger partial charge < -0.3 is 9.30 Å². The molecule has 130 valence electrons.